The molecule has 0 radical (unpaired) electrons. The Labute approximate surface area is 195 Å². The van der Waals surface area contributed by atoms with Crippen molar-refractivity contribution in [2.45, 2.75) is 39.0 Å². The number of ether oxygens (including phenoxy) is 1. The Morgan fingerprint density at radius 3 is 2.56 bits per heavy atom. The number of ketones is 1. The van der Waals surface area contributed by atoms with Crippen LogP contribution < -0.4 is 4.74 Å². The zero-order valence-corrected chi connectivity index (χ0v) is 19.4. The molecule has 6 heteroatoms. The van der Waals surface area contributed by atoms with Gasteiger partial charge in [-0.1, -0.05) is 35.9 Å². The van der Waals surface area contributed by atoms with E-state index >= 15 is 0 Å². The van der Waals surface area contributed by atoms with E-state index in [0.29, 0.717) is 39.1 Å². The number of benzene rings is 2. The van der Waals surface area contributed by atoms with Crippen LogP contribution in [0, 0.1) is 23.7 Å². The molecule has 3 fully saturated rings. The molecular formula is C26H24ClNO3S. The number of nitrogens with zero attached hydrogens (tertiary/aromatic N) is 1. The standard InChI is InChI=1S/C26H24ClNO3S/c1-2-13-7-9-17(31-26-28-19-11-16(27)8-10-20(19)32-26)12-18(13)23-24(29)21-14-3-4-15(6-5-14)22(21)25(23)30/h7-12,14-15,21-22,29H,2-6H2,1H3/t14-,15+,21?,22?. The number of aliphatic hydroxyl groups is 1. The highest BCUT2D eigenvalue weighted by Gasteiger charge is 2.54. The van der Waals surface area contributed by atoms with Crippen molar-refractivity contribution in [1.82, 2.24) is 4.98 Å². The summed E-state index contributed by atoms with van der Waals surface area (Å²) in [7, 11) is 0. The monoisotopic (exact) mass is 465 g/mol. The van der Waals surface area contributed by atoms with Gasteiger partial charge in [-0.15, -0.1) is 0 Å². The highest BCUT2D eigenvalue weighted by Crippen LogP contribution is 2.57. The Morgan fingerprint density at radius 2 is 1.84 bits per heavy atom. The Kier molecular flexibility index (Phi) is 4.81. The van der Waals surface area contributed by atoms with E-state index in [4.69, 9.17) is 16.3 Å². The van der Waals surface area contributed by atoms with Gasteiger partial charge in [-0.05, 0) is 85.4 Å². The number of halogens is 1. The lowest BCUT2D eigenvalue weighted by molar-refractivity contribution is -0.123. The predicted molar refractivity (Wildman–Crippen MR) is 128 cm³/mol. The maximum atomic E-state index is 13.5. The van der Waals surface area contributed by atoms with Gasteiger partial charge in [0.25, 0.3) is 5.19 Å². The lowest BCUT2D eigenvalue weighted by Crippen LogP contribution is -2.41. The third kappa shape index (κ3) is 3.09. The van der Waals surface area contributed by atoms with Gasteiger partial charge < -0.3 is 9.84 Å². The average Bonchev–Trinajstić information content (AvgIpc) is 3.32. The normalized spacial score (nSPS) is 26.8. The van der Waals surface area contributed by atoms with Crippen molar-refractivity contribution in [2.24, 2.45) is 23.7 Å². The summed E-state index contributed by atoms with van der Waals surface area (Å²) in [5.41, 5.74) is 3.19. The van der Waals surface area contributed by atoms with Gasteiger partial charge in [-0.2, -0.15) is 0 Å². The summed E-state index contributed by atoms with van der Waals surface area (Å²) in [6, 6.07) is 11.4. The van der Waals surface area contributed by atoms with Gasteiger partial charge in [0, 0.05) is 16.9 Å². The second kappa shape index (κ2) is 7.60. The van der Waals surface area contributed by atoms with Crippen LogP contribution in [0.1, 0.15) is 43.7 Å². The van der Waals surface area contributed by atoms with Gasteiger partial charge in [-0.3, -0.25) is 4.79 Å². The van der Waals surface area contributed by atoms with Crippen molar-refractivity contribution < 1.29 is 14.6 Å². The molecule has 1 heterocycles. The Hall–Kier alpha value is -2.37. The number of aryl methyl sites for hydroxylation is 1. The topological polar surface area (TPSA) is 59.4 Å². The molecule has 0 spiro atoms. The first-order valence-electron chi connectivity index (χ1n) is 11.4. The summed E-state index contributed by atoms with van der Waals surface area (Å²) in [5.74, 6) is 1.88. The minimum atomic E-state index is -0.0409. The molecule has 2 aromatic carbocycles. The van der Waals surface area contributed by atoms with Crippen molar-refractivity contribution in [3.63, 3.8) is 0 Å². The number of aromatic nitrogens is 1. The van der Waals surface area contributed by atoms with Crippen LogP contribution >= 0.6 is 22.9 Å². The number of allylic oxidation sites excluding steroid dienone is 2. The second-order valence-corrected chi connectivity index (χ2v) is 10.6. The van der Waals surface area contributed by atoms with Crippen molar-refractivity contribution in [1.29, 1.82) is 0 Å². The van der Waals surface area contributed by atoms with E-state index in [2.05, 4.69) is 11.9 Å². The molecule has 32 heavy (non-hydrogen) atoms. The second-order valence-electron chi connectivity index (χ2n) is 9.22. The van der Waals surface area contributed by atoms with Crippen molar-refractivity contribution >= 4 is 44.5 Å². The summed E-state index contributed by atoms with van der Waals surface area (Å²) in [6.07, 6.45) is 5.26. The van der Waals surface area contributed by atoms with E-state index in [1.54, 1.807) is 0 Å². The number of rotatable bonds is 4. The predicted octanol–water partition coefficient (Wildman–Crippen LogP) is 7.21. The van der Waals surface area contributed by atoms with Crippen LogP contribution in [0.15, 0.2) is 42.2 Å². The van der Waals surface area contributed by atoms with Crippen LogP contribution in [0.3, 0.4) is 0 Å². The summed E-state index contributed by atoms with van der Waals surface area (Å²) < 4.78 is 7.10. The molecule has 0 saturated heterocycles. The number of hydrogen-bond donors (Lipinski definition) is 1. The van der Waals surface area contributed by atoms with Gasteiger partial charge >= 0.3 is 0 Å². The molecule has 1 N–H and O–H groups in total. The molecule has 4 aliphatic rings. The number of fused-ring (bicyclic) bond motifs is 3. The number of hydrogen-bond acceptors (Lipinski definition) is 5. The van der Waals surface area contributed by atoms with E-state index in [1.165, 1.54) is 11.3 Å². The lowest BCUT2D eigenvalue weighted by atomic mass is 9.59. The fraction of sp³-hybridized carbons (Fsp3) is 0.385. The Morgan fingerprint density at radius 1 is 1.09 bits per heavy atom. The first-order chi connectivity index (χ1) is 15.5. The smallest absolute Gasteiger partial charge is 0.279 e. The van der Waals surface area contributed by atoms with E-state index in [1.807, 2.05) is 36.4 Å². The molecular weight excluding hydrogens is 442 g/mol. The molecule has 0 aliphatic heterocycles. The largest absolute Gasteiger partial charge is 0.511 e. The molecule has 4 aliphatic carbocycles. The van der Waals surface area contributed by atoms with Gasteiger partial charge in [0.05, 0.1) is 15.8 Å². The first-order valence-corrected chi connectivity index (χ1v) is 12.6. The number of thiazole rings is 1. The summed E-state index contributed by atoms with van der Waals surface area (Å²) in [6.45, 7) is 2.07. The average molecular weight is 466 g/mol. The zero-order valence-electron chi connectivity index (χ0n) is 17.8. The minimum Gasteiger partial charge on any atom is -0.511 e. The minimum absolute atomic E-state index is 0.00768. The third-order valence-corrected chi connectivity index (χ3v) is 8.76. The van der Waals surface area contributed by atoms with Gasteiger partial charge in [0.2, 0.25) is 0 Å². The van der Waals surface area contributed by atoms with Crippen LogP contribution in [0.25, 0.3) is 15.8 Å². The molecule has 2 atom stereocenters. The highest BCUT2D eigenvalue weighted by molar-refractivity contribution is 7.20. The van der Waals surface area contributed by atoms with E-state index < -0.39 is 0 Å². The fourth-order valence-corrected chi connectivity index (χ4v) is 7.12. The van der Waals surface area contributed by atoms with Crippen molar-refractivity contribution in [2.75, 3.05) is 0 Å². The Bertz CT molecular complexity index is 1270. The molecule has 3 saturated carbocycles. The van der Waals surface area contributed by atoms with Gasteiger partial charge in [0.15, 0.2) is 5.78 Å². The first kappa shape index (κ1) is 20.3. The lowest BCUT2D eigenvalue weighted by Gasteiger charge is -2.44. The van der Waals surface area contributed by atoms with Crippen molar-refractivity contribution in [3.05, 3.63) is 58.3 Å². The number of Topliss-reactive ketones (excluding diaryl/α,β-unsaturated/α-hetero) is 1. The van der Waals surface area contributed by atoms with Crippen LogP contribution in [0.2, 0.25) is 5.02 Å². The highest BCUT2D eigenvalue weighted by atomic mass is 35.5. The summed E-state index contributed by atoms with van der Waals surface area (Å²) in [4.78, 5) is 18.1. The SMILES string of the molecule is CCc1ccc(Oc2nc3cc(Cl)ccc3s2)cc1C1=C(O)C2C(C1=O)[C@H]1CC[C@@H]2CC1. The molecule has 1 aromatic heterocycles. The molecule has 3 aromatic rings. The van der Waals surface area contributed by atoms with E-state index in [-0.39, 0.29) is 17.6 Å². The third-order valence-electron chi connectivity index (χ3n) is 7.61. The molecule has 7 rings (SSSR count). The summed E-state index contributed by atoms with van der Waals surface area (Å²) >= 11 is 7.54. The Balaban J connectivity index is 1.38. The van der Waals surface area contributed by atoms with E-state index in [9.17, 15) is 9.90 Å². The summed E-state index contributed by atoms with van der Waals surface area (Å²) in [5, 5.41) is 12.4. The van der Waals surface area contributed by atoms with Crippen LogP contribution in [-0.4, -0.2) is 15.9 Å². The maximum absolute atomic E-state index is 13.5. The molecule has 0 amide bonds. The van der Waals surface area contributed by atoms with Crippen LogP contribution in [-0.2, 0) is 11.2 Å². The molecule has 4 nitrogen and oxygen atoms in total. The molecule has 164 valence electrons. The van der Waals surface area contributed by atoms with Gasteiger partial charge in [-0.25, -0.2) is 4.98 Å². The van der Waals surface area contributed by atoms with Crippen LogP contribution in [0.4, 0.5) is 0 Å². The fourth-order valence-electron chi connectivity index (χ4n) is 6.13. The van der Waals surface area contributed by atoms with E-state index in [0.717, 1.165) is 53.4 Å². The molecule has 2 unspecified atom stereocenters. The maximum Gasteiger partial charge on any atom is 0.279 e. The van der Waals surface area contributed by atoms with Crippen LogP contribution in [0.5, 0.6) is 10.9 Å². The number of aliphatic hydroxyl groups excluding tert-OH is 1. The zero-order chi connectivity index (χ0) is 22.0. The quantitative estimate of drug-likeness (QED) is 0.442. The van der Waals surface area contributed by atoms with Crippen molar-refractivity contribution in [3.8, 4) is 10.9 Å². The number of carbonyl (C=O) groups is 1. The molecule has 2 bridgehead atoms. The van der Waals surface area contributed by atoms with Gasteiger partial charge in [0.1, 0.15) is 11.5 Å². The number of carbonyl (C=O) groups excluding carboxylic acids is 1.